The van der Waals surface area contributed by atoms with Gasteiger partial charge >= 0.3 is 6.09 Å². The average molecular weight is 246 g/mol. The van der Waals surface area contributed by atoms with Gasteiger partial charge in [0.1, 0.15) is 5.60 Å². The van der Waals surface area contributed by atoms with Crippen molar-refractivity contribution >= 4 is 6.09 Å². The van der Waals surface area contributed by atoms with E-state index in [2.05, 4.69) is 6.07 Å². The van der Waals surface area contributed by atoms with Gasteiger partial charge < -0.3 is 9.64 Å². The van der Waals surface area contributed by atoms with Gasteiger partial charge in [-0.05, 0) is 38.5 Å². The number of nitriles is 1. The Morgan fingerprint density at radius 1 is 1.44 bits per heavy atom. The predicted molar refractivity (Wildman–Crippen MR) is 68.9 cm³/mol. The highest BCUT2D eigenvalue weighted by Gasteiger charge is 2.19. The molecule has 0 aromatic heterocycles. The predicted octanol–water partition coefficient (Wildman–Crippen LogP) is 2.93. The lowest BCUT2D eigenvalue weighted by Crippen LogP contribution is -2.33. The maximum Gasteiger partial charge on any atom is 0.410 e. The van der Waals surface area contributed by atoms with Crippen LogP contribution in [0.25, 0.3) is 0 Å². The standard InChI is InChI=1S/C14H18N2O2/c1-14(2,3)18-13(17)16(4)10-12-7-5-6-11(8-12)9-15/h5-8H,10H2,1-4H3. The monoisotopic (exact) mass is 246 g/mol. The zero-order chi connectivity index (χ0) is 13.8. The lowest BCUT2D eigenvalue weighted by atomic mass is 10.1. The summed E-state index contributed by atoms with van der Waals surface area (Å²) >= 11 is 0. The first kappa shape index (κ1) is 14.0. The molecule has 0 radical (unpaired) electrons. The zero-order valence-corrected chi connectivity index (χ0v) is 11.2. The Hall–Kier alpha value is -2.02. The van der Waals surface area contributed by atoms with Crippen LogP contribution >= 0.6 is 0 Å². The van der Waals surface area contributed by atoms with Crippen molar-refractivity contribution in [2.45, 2.75) is 32.9 Å². The van der Waals surface area contributed by atoms with Crippen LogP contribution in [0.1, 0.15) is 31.9 Å². The Morgan fingerprint density at radius 3 is 2.67 bits per heavy atom. The molecular formula is C14H18N2O2. The molecule has 0 bridgehead atoms. The van der Waals surface area contributed by atoms with Crippen molar-refractivity contribution in [3.8, 4) is 6.07 Å². The molecule has 0 aliphatic rings. The normalized spacial score (nSPS) is 10.6. The van der Waals surface area contributed by atoms with Gasteiger partial charge in [-0.2, -0.15) is 5.26 Å². The number of benzene rings is 1. The van der Waals surface area contributed by atoms with E-state index in [1.165, 1.54) is 4.90 Å². The molecule has 4 heteroatoms. The summed E-state index contributed by atoms with van der Waals surface area (Å²) in [5, 5.41) is 8.80. The van der Waals surface area contributed by atoms with Gasteiger partial charge in [0.2, 0.25) is 0 Å². The molecule has 4 nitrogen and oxygen atoms in total. The number of carbonyl (C=O) groups is 1. The first-order valence-electron chi connectivity index (χ1n) is 5.75. The van der Waals surface area contributed by atoms with Crippen molar-refractivity contribution in [1.29, 1.82) is 5.26 Å². The quantitative estimate of drug-likeness (QED) is 0.806. The van der Waals surface area contributed by atoms with Crippen molar-refractivity contribution in [1.82, 2.24) is 4.90 Å². The lowest BCUT2D eigenvalue weighted by Gasteiger charge is -2.24. The molecule has 0 spiro atoms. The second kappa shape index (κ2) is 5.54. The molecule has 0 aliphatic carbocycles. The summed E-state index contributed by atoms with van der Waals surface area (Å²) in [6.45, 7) is 5.91. The fourth-order valence-electron chi connectivity index (χ4n) is 1.42. The average Bonchev–Trinajstić information content (AvgIpc) is 2.27. The third-order valence-electron chi connectivity index (χ3n) is 2.18. The number of carbonyl (C=O) groups excluding carboxylic acids is 1. The molecule has 0 saturated carbocycles. The number of nitrogens with zero attached hydrogens (tertiary/aromatic N) is 2. The summed E-state index contributed by atoms with van der Waals surface area (Å²) in [5.41, 5.74) is 0.993. The fraction of sp³-hybridized carbons (Fsp3) is 0.429. The van der Waals surface area contributed by atoms with E-state index in [1.54, 1.807) is 25.2 Å². The van der Waals surface area contributed by atoms with Crippen molar-refractivity contribution in [2.75, 3.05) is 7.05 Å². The topological polar surface area (TPSA) is 53.3 Å². The van der Waals surface area contributed by atoms with Gasteiger partial charge in [-0.1, -0.05) is 12.1 Å². The number of ether oxygens (including phenoxy) is 1. The zero-order valence-electron chi connectivity index (χ0n) is 11.2. The fourth-order valence-corrected chi connectivity index (χ4v) is 1.42. The molecule has 0 aliphatic heterocycles. The summed E-state index contributed by atoms with van der Waals surface area (Å²) in [7, 11) is 1.67. The van der Waals surface area contributed by atoms with E-state index in [9.17, 15) is 4.79 Å². The summed E-state index contributed by atoms with van der Waals surface area (Å²) < 4.78 is 5.25. The number of hydrogen-bond acceptors (Lipinski definition) is 3. The largest absolute Gasteiger partial charge is 0.444 e. The van der Waals surface area contributed by atoms with Crippen LogP contribution < -0.4 is 0 Å². The van der Waals surface area contributed by atoms with E-state index in [0.717, 1.165) is 5.56 Å². The summed E-state index contributed by atoms with van der Waals surface area (Å²) in [5.74, 6) is 0. The molecule has 0 saturated heterocycles. The van der Waals surface area contributed by atoms with Gasteiger partial charge in [0.15, 0.2) is 0 Å². The van der Waals surface area contributed by atoms with Crippen LogP contribution in [0, 0.1) is 11.3 Å². The van der Waals surface area contributed by atoms with Gasteiger partial charge in [0.05, 0.1) is 11.6 Å². The second-order valence-electron chi connectivity index (χ2n) is 5.15. The maximum absolute atomic E-state index is 11.8. The maximum atomic E-state index is 11.8. The lowest BCUT2D eigenvalue weighted by molar-refractivity contribution is 0.0285. The molecule has 1 aromatic carbocycles. The molecule has 1 aromatic rings. The minimum absolute atomic E-state index is 0.370. The van der Waals surface area contributed by atoms with Gasteiger partial charge in [-0.3, -0.25) is 0 Å². The smallest absolute Gasteiger partial charge is 0.410 e. The Balaban J connectivity index is 2.67. The summed E-state index contributed by atoms with van der Waals surface area (Å²) in [4.78, 5) is 13.2. The van der Waals surface area contributed by atoms with Crippen LogP contribution in [0.15, 0.2) is 24.3 Å². The van der Waals surface area contributed by atoms with E-state index in [-0.39, 0.29) is 6.09 Å². The molecule has 96 valence electrons. The van der Waals surface area contributed by atoms with Crippen molar-refractivity contribution in [3.63, 3.8) is 0 Å². The first-order valence-corrected chi connectivity index (χ1v) is 5.75. The Morgan fingerprint density at radius 2 is 2.11 bits per heavy atom. The molecule has 0 N–H and O–H groups in total. The van der Waals surface area contributed by atoms with Gasteiger partial charge in [0, 0.05) is 13.6 Å². The van der Waals surface area contributed by atoms with Crippen molar-refractivity contribution in [2.24, 2.45) is 0 Å². The molecule has 1 amide bonds. The van der Waals surface area contributed by atoms with E-state index in [0.29, 0.717) is 12.1 Å². The van der Waals surface area contributed by atoms with Crippen molar-refractivity contribution < 1.29 is 9.53 Å². The molecule has 18 heavy (non-hydrogen) atoms. The SMILES string of the molecule is CN(Cc1cccc(C#N)c1)C(=O)OC(C)(C)C. The Kier molecular flexibility index (Phi) is 4.33. The Labute approximate surface area is 108 Å². The van der Waals surface area contributed by atoms with Crippen LogP contribution in [0.2, 0.25) is 0 Å². The molecule has 0 unspecified atom stereocenters. The molecule has 0 heterocycles. The van der Waals surface area contributed by atoms with E-state index in [1.807, 2.05) is 26.8 Å². The molecule has 0 fully saturated rings. The molecule has 0 atom stereocenters. The highest BCUT2D eigenvalue weighted by molar-refractivity contribution is 5.67. The highest BCUT2D eigenvalue weighted by atomic mass is 16.6. The van der Waals surface area contributed by atoms with E-state index in [4.69, 9.17) is 10.00 Å². The number of rotatable bonds is 2. The van der Waals surface area contributed by atoms with E-state index >= 15 is 0 Å². The number of hydrogen-bond donors (Lipinski definition) is 0. The van der Waals surface area contributed by atoms with Gasteiger partial charge in [-0.15, -0.1) is 0 Å². The van der Waals surface area contributed by atoms with E-state index < -0.39 is 5.60 Å². The van der Waals surface area contributed by atoms with Crippen LogP contribution in [0.3, 0.4) is 0 Å². The molecular weight excluding hydrogens is 228 g/mol. The van der Waals surface area contributed by atoms with Crippen LogP contribution in [-0.4, -0.2) is 23.6 Å². The first-order chi connectivity index (χ1) is 8.31. The number of amides is 1. The minimum atomic E-state index is -0.500. The van der Waals surface area contributed by atoms with Crippen LogP contribution in [-0.2, 0) is 11.3 Å². The van der Waals surface area contributed by atoms with Gasteiger partial charge in [-0.25, -0.2) is 4.79 Å². The third-order valence-corrected chi connectivity index (χ3v) is 2.18. The van der Waals surface area contributed by atoms with Gasteiger partial charge in [0.25, 0.3) is 0 Å². The van der Waals surface area contributed by atoms with Crippen molar-refractivity contribution in [3.05, 3.63) is 35.4 Å². The highest BCUT2D eigenvalue weighted by Crippen LogP contribution is 2.12. The summed E-state index contributed by atoms with van der Waals surface area (Å²) in [6.07, 6.45) is -0.370. The minimum Gasteiger partial charge on any atom is -0.444 e. The van der Waals surface area contributed by atoms with Crippen LogP contribution in [0.4, 0.5) is 4.79 Å². The second-order valence-corrected chi connectivity index (χ2v) is 5.15. The Bertz CT molecular complexity index is 469. The van der Waals surface area contributed by atoms with Crippen LogP contribution in [0.5, 0.6) is 0 Å². The third kappa shape index (κ3) is 4.46. The summed E-state index contributed by atoms with van der Waals surface area (Å²) in [6, 6.07) is 9.25. The molecule has 1 rings (SSSR count).